The van der Waals surface area contributed by atoms with Crippen molar-refractivity contribution in [2.45, 2.75) is 0 Å². The Balaban J connectivity index is 2.18. The standard InChI is InChI=1S/C11H7BrClNO/c12-10-2-1-3-11(14-10)15-9-6-4-8(13)5-7-9/h1-7H. The highest BCUT2D eigenvalue weighted by Crippen LogP contribution is 2.22. The van der Waals surface area contributed by atoms with Gasteiger partial charge in [0.15, 0.2) is 0 Å². The van der Waals surface area contributed by atoms with Crippen LogP contribution in [0.5, 0.6) is 11.6 Å². The van der Waals surface area contributed by atoms with Gasteiger partial charge in [0, 0.05) is 11.1 Å². The molecule has 4 heteroatoms. The zero-order valence-corrected chi connectivity index (χ0v) is 9.99. The van der Waals surface area contributed by atoms with E-state index in [1.54, 1.807) is 30.3 Å². The summed E-state index contributed by atoms with van der Waals surface area (Å²) in [7, 11) is 0. The van der Waals surface area contributed by atoms with Crippen LogP contribution in [0.25, 0.3) is 0 Å². The van der Waals surface area contributed by atoms with Gasteiger partial charge in [-0.1, -0.05) is 17.7 Å². The molecular formula is C11H7BrClNO. The lowest BCUT2D eigenvalue weighted by molar-refractivity contribution is 0.462. The number of nitrogens with zero attached hydrogens (tertiary/aromatic N) is 1. The Hall–Kier alpha value is -1.06. The maximum absolute atomic E-state index is 5.76. The van der Waals surface area contributed by atoms with Crippen LogP contribution in [0, 0.1) is 0 Å². The van der Waals surface area contributed by atoms with Crippen molar-refractivity contribution in [3.8, 4) is 11.6 Å². The molecule has 15 heavy (non-hydrogen) atoms. The number of pyridine rings is 1. The Morgan fingerprint density at radius 3 is 2.47 bits per heavy atom. The van der Waals surface area contributed by atoms with Gasteiger partial charge in [-0.05, 0) is 46.3 Å². The van der Waals surface area contributed by atoms with Gasteiger partial charge in [0.2, 0.25) is 5.88 Å². The van der Waals surface area contributed by atoms with Crippen LogP contribution in [0.2, 0.25) is 5.02 Å². The van der Waals surface area contributed by atoms with E-state index in [0.29, 0.717) is 16.7 Å². The molecule has 0 bridgehead atoms. The molecule has 0 saturated heterocycles. The number of ether oxygens (including phenoxy) is 1. The van der Waals surface area contributed by atoms with Crippen LogP contribution in [0.4, 0.5) is 0 Å². The number of aromatic nitrogens is 1. The van der Waals surface area contributed by atoms with E-state index in [4.69, 9.17) is 16.3 Å². The molecule has 0 radical (unpaired) electrons. The molecule has 0 aliphatic heterocycles. The fourth-order valence-corrected chi connectivity index (χ4v) is 1.52. The summed E-state index contributed by atoms with van der Waals surface area (Å²) in [6.07, 6.45) is 0. The fraction of sp³-hybridized carbons (Fsp3) is 0. The van der Waals surface area contributed by atoms with Crippen LogP contribution in [0.15, 0.2) is 47.1 Å². The molecule has 0 aliphatic carbocycles. The summed E-state index contributed by atoms with van der Waals surface area (Å²) in [5, 5.41) is 0.685. The molecule has 0 N–H and O–H groups in total. The minimum atomic E-state index is 0.548. The van der Waals surface area contributed by atoms with Gasteiger partial charge in [-0.3, -0.25) is 0 Å². The Morgan fingerprint density at radius 2 is 1.80 bits per heavy atom. The van der Waals surface area contributed by atoms with Crippen LogP contribution < -0.4 is 4.74 Å². The average molecular weight is 285 g/mol. The Kier molecular flexibility index (Phi) is 3.23. The SMILES string of the molecule is Clc1ccc(Oc2cccc(Br)n2)cc1. The lowest BCUT2D eigenvalue weighted by Gasteiger charge is -2.04. The van der Waals surface area contributed by atoms with Gasteiger partial charge in [-0.2, -0.15) is 0 Å². The Morgan fingerprint density at radius 1 is 1.07 bits per heavy atom. The molecule has 2 aromatic rings. The summed E-state index contributed by atoms with van der Waals surface area (Å²) in [6.45, 7) is 0. The predicted octanol–water partition coefficient (Wildman–Crippen LogP) is 4.29. The van der Waals surface area contributed by atoms with E-state index in [2.05, 4.69) is 20.9 Å². The van der Waals surface area contributed by atoms with Crippen molar-refractivity contribution in [2.75, 3.05) is 0 Å². The lowest BCUT2D eigenvalue weighted by atomic mass is 10.3. The van der Waals surface area contributed by atoms with Gasteiger partial charge >= 0.3 is 0 Å². The van der Waals surface area contributed by atoms with E-state index < -0.39 is 0 Å². The summed E-state index contributed by atoms with van der Waals surface area (Å²) >= 11 is 9.04. The average Bonchev–Trinajstić information content (AvgIpc) is 2.22. The monoisotopic (exact) mass is 283 g/mol. The van der Waals surface area contributed by atoms with Crippen LogP contribution in [0.1, 0.15) is 0 Å². The van der Waals surface area contributed by atoms with Crippen molar-refractivity contribution >= 4 is 27.5 Å². The first-order valence-electron chi connectivity index (χ1n) is 4.30. The number of benzene rings is 1. The van der Waals surface area contributed by atoms with Crippen molar-refractivity contribution < 1.29 is 4.74 Å². The minimum Gasteiger partial charge on any atom is -0.439 e. The maximum Gasteiger partial charge on any atom is 0.220 e. The summed E-state index contributed by atoms with van der Waals surface area (Å²) < 4.78 is 6.26. The fourth-order valence-electron chi connectivity index (χ4n) is 1.07. The molecule has 0 saturated carbocycles. The third kappa shape index (κ3) is 2.94. The van der Waals surface area contributed by atoms with Crippen molar-refractivity contribution in [2.24, 2.45) is 0 Å². The van der Waals surface area contributed by atoms with E-state index in [0.717, 1.165) is 4.60 Å². The maximum atomic E-state index is 5.76. The van der Waals surface area contributed by atoms with Gasteiger partial charge in [0.25, 0.3) is 0 Å². The van der Waals surface area contributed by atoms with E-state index in [1.165, 1.54) is 0 Å². The summed E-state index contributed by atoms with van der Waals surface area (Å²) in [4.78, 5) is 4.15. The van der Waals surface area contributed by atoms with E-state index in [-0.39, 0.29) is 0 Å². The molecule has 76 valence electrons. The zero-order chi connectivity index (χ0) is 10.7. The lowest BCUT2D eigenvalue weighted by Crippen LogP contribution is -1.87. The molecule has 2 nitrogen and oxygen atoms in total. The van der Waals surface area contributed by atoms with Crippen LogP contribution in [-0.4, -0.2) is 4.98 Å². The molecule has 1 aromatic carbocycles. The van der Waals surface area contributed by atoms with Gasteiger partial charge in [0.05, 0.1) is 0 Å². The second-order valence-electron chi connectivity index (χ2n) is 2.85. The predicted molar refractivity (Wildman–Crippen MR) is 63.5 cm³/mol. The molecule has 0 aliphatic rings. The van der Waals surface area contributed by atoms with E-state index in [9.17, 15) is 0 Å². The van der Waals surface area contributed by atoms with E-state index in [1.807, 2.05) is 12.1 Å². The molecule has 0 unspecified atom stereocenters. The number of rotatable bonds is 2. The van der Waals surface area contributed by atoms with Crippen LogP contribution >= 0.6 is 27.5 Å². The van der Waals surface area contributed by atoms with E-state index >= 15 is 0 Å². The highest BCUT2D eigenvalue weighted by Gasteiger charge is 1.98. The molecular weight excluding hydrogens is 277 g/mol. The highest BCUT2D eigenvalue weighted by atomic mass is 79.9. The van der Waals surface area contributed by atoms with Gasteiger partial charge in [-0.15, -0.1) is 0 Å². The van der Waals surface area contributed by atoms with Gasteiger partial charge in [0.1, 0.15) is 10.4 Å². The minimum absolute atomic E-state index is 0.548. The Bertz CT molecular complexity index is 458. The van der Waals surface area contributed by atoms with Crippen molar-refractivity contribution in [3.05, 3.63) is 52.1 Å². The van der Waals surface area contributed by atoms with Crippen molar-refractivity contribution in [3.63, 3.8) is 0 Å². The molecule has 1 aromatic heterocycles. The number of hydrogen-bond donors (Lipinski definition) is 0. The molecule has 2 rings (SSSR count). The number of halogens is 2. The summed E-state index contributed by atoms with van der Waals surface area (Å²) in [5.74, 6) is 1.26. The summed E-state index contributed by atoms with van der Waals surface area (Å²) in [5.41, 5.74) is 0. The van der Waals surface area contributed by atoms with Gasteiger partial charge in [-0.25, -0.2) is 4.98 Å². The first-order chi connectivity index (χ1) is 7.24. The third-order valence-electron chi connectivity index (χ3n) is 1.73. The molecule has 0 fully saturated rings. The molecule has 1 heterocycles. The normalized spacial score (nSPS) is 10.0. The molecule has 0 atom stereocenters. The van der Waals surface area contributed by atoms with Crippen molar-refractivity contribution in [1.29, 1.82) is 0 Å². The largest absolute Gasteiger partial charge is 0.439 e. The topological polar surface area (TPSA) is 22.1 Å². The molecule has 0 amide bonds. The quantitative estimate of drug-likeness (QED) is 0.768. The second-order valence-corrected chi connectivity index (χ2v) is 4.10. The zero-order valence-electron chi connectivity index (χ0n) is 7.65. The Labute approximate surface area is 101 Å². The van der Waals surface area contributed by atoms with Crippen LogP contribution in [-0.2, 0) is 0 Å². The smallest absolute Gasteiger partial charge is 0.220 e. The third-order valence-corrected chi connectivity index (χ3v) is 2.42. The van der Waals surface area contributed by atoms with Crippen LogP contribution in [0.3, 0.4) is 0 Å². The number of hydrogen-bond acceptors (Lipinski definition) is 2. The van der Waals surface area contributed by atoms with Crippen molar-refractivity contribution in [1.82, 2.24) is 4.98 Å². The molecule has 0 spiro atoms. The van der Waals surface area contributed by atoms with Gasteiger partial charge < -0.3 is 4.74 Å². The second kappa shape index (κ2) is 4.64. The highest BCUT2D eigenvalue weighted by molar-refractivity contribution is 9.10. The summed E-state index contributed by atoms with van der Waals surface area (Å²) in [6, 6.07) is 12.6. The first kappa shape index (κ1) is 10.5. The first-order valence-corrected chi connectivity index (χ1v) is 5.47.